The van der Waals surface area contributed by atoms with Gasteiger partial charge in [0.05, 0.1) is 17.2 Å². The summed E-state index contributed by atoms with van der Waals surface area (Å²) >= 11 is 0. The lowest BCUT2D eigenvalue weighted by Crippen LogP contribution is -2.38. The van der Waals surface area contributed by atoms with Gasteiger partial charge in [0.1, 0.15) is 12.3 Å². The number of carbonyl (C=O) groups excluding carboxylic acids is 2. The fourth-order valence-corrected chi connectivity index (χ4v) is 5.65. The fraction of sp³-hybridized carbons (Fsp3) is 0.552. The molecule has 0 bridgehead atoms. The molecule has 1 saturated heterocycles. The average Bonchev–Trinajstić information content (AvgIpc) is 3.30. The zero-order valence-corrected chi connectivity index (χ0v) is 22.9. The van der Waals surface area contributed by atoms with Crippen molar-refractivity contribution in [2.24, 2.45) is 10.9 Å². The zero-order chi connectivity index (χ0) is 27.2. The molecule has 3 aromatic rings. The Morgan fingerprint density at radius 3 is 2.64 bits per heavy atom. The molecule has 4 heterocycles. The van der Waals surface area contributed by atoms with Crippen molar-refractivity contribution in [2.45, 2.75) is 70.9 Å². The molecule has 5 rings (SSSR count). The Labute approximate surface area is 228 Å². The van der Waals surface area contributed by atoms with Crippen LogP contribution in [0, 0.1) is 5.92 Å². The van der Waals surface area contributed by atoms with Crippen LogP contribution in [0.2, 0.25) is 0 Å². The molecule has 0 spiro atoms. The number of aromatic amines is 1. The maximum absolute atomic E-state index is 13.0. The highest BCUT2D eigenvalue weighted by molar-refractivity contribution is 5.93. The van der Waals surface area contributed by atoms with E-state index in [2.05, 4.69) is 34.7 Å². The van der Waals surface area contributed by atoms with Crippen molar-refractivity contribution < 1.29 is 14.3 Å². The van der Waals surface area contributed by atoms with Crippen LogP contribution in [0.25, 0.3) is 11.0 Å². The third-order valence-electron chi connectivity index (χ3n) is 7.65. The average molecular weight is 534 g/mol. The third kappa shape index (κ3) is 6.73. The van der Waals surface area contributed by atoms with Gasteiger partial charge < -0.3 is 19.6 Å². The van der Waals surface area contributed by atoms with Crippen LogP contribution in [0.3, 0.4) is 0 Å². The number of amides is 2. The number of nitrogens with one attached hydrogen (secondary N) is 2. The second-order valence-electron chi connectivity index (χ2n) is 10.9. The van der Waals surface area contributed by atoms with Crippen LogP contribution in [-0.4, -0.2) is 68.5 Å². The lowest BCUT2D eigenvalue weighted by Gasteiger charge is -2.29. The minimum Gasteiger partial charge on any atom is -0.476 e. The molecule has 10 heteroatoms. The second kappa shape index (κ2) is 12.5. The smallest absolute Gasteiger partial charge is 0.298 e. The van der Waals surface area contributed by atoms with Crippen LogP contribution in [0.5, 0.6) is 5.88 Å². The van der Waals surface area contributed by atoms with Gasteiger partial charge in [-0.2, -0.15) is 4.99 Å². The number of hydrogen-bond donors (Lipinski definition) is 2. The topological polar surface area (TPSA) is 117 Å². The number of piperidine rings is 1. The molecule has 0 atom stereocenters. The van der Waals surface area contributed by atoms with Gasteiger partial charge in [0, 0.05) is 36.8 Å². The number of ether oxygens (including phenoxy) is 1. The Bertz CT molecular complexity index is 1330. The summed E-state index contributed by atoms with van der Waals surface area (Å²) in [6.45, 7) is 7.68. The van der Waals surface area contributed by atoms with Crippen LogP contribution >= 0.6 is 0 Å². The van der Waals surface area contributed by atoms with Crippen molar-refractivity contribution in [3.8, 4) is 5.88 Å². The van der Waals surface area contributed by atoms with Gasteiger partial charge >= 0.3 is 0 Å². The van der Waals surface area contributed by atoms with E-state index in [1.54, 1.807) is 30.6 Å². The van der Waals surface area contributed by atoms with Gasteiger partial charge in [0.25, 0.3) is 5.91 Å². The second-order valence-corrected chi connectivity index (χ2v) is 10.9. The molecule has 1 aliphatic heterocycles. The molecule has 2 N–H and O–H groups in total. The van der Waals surface area contributed by atoms with E-state index in [0.717, 1.165) is 56.4 Å². The van der Waals surface area contributed by atoms with E-state index < -0.39 is 5.91 Å². The summed E-state index contributed by atoms with van der Waals surface area (Å²) in [6.07, 6.45) is 10.3. The maximum Gasteiger partial charge on any atom is 0.298 e. The molecule has 39 heavy (non-hydrogen) atoms. The zero-order valence-electron chi connectivity index (χ0n) is 22.9. The summed E-state index contributed by atoms with van der Waals surface area (Å²) in [5.74, 6) is 0.267. The van der Waals surface area contributed by atoms with Crippen molar-refractivity contribution in [3.05, 3.63) is 48.0 Å². The van der Waals surface area contributed by atoms with Gasteiger partial charge in [-0.15, -0.1) is 0 Å². The Hall–Kier alpha value is -3.53. The van der Waals surface area contributed by atoms with E-state index in [1.807, 2.05) is 19.9 Å². The van der Waals surface area contributed by atoms with Gasteiger partial charge in [-0.3, -0.25) is 19.5 Å². The summed E-state index contributed by atoms with van der Waals surface area (Å²) in [5, 5.41) is 3.05. The molecule has 2 fully saturated rings. The van der Waals surface area contributed by atoms with Gasteiger partial charge in [0.15, 0.2) is 0 Å². The molecule has 0 aromatic carbocycles. The standard InChI is InChI=1S/C29H39N7O3/c1-20(2)32-27(37)21-9-11-22(12-10-21)36-25-18-26(39-17-16-35-14-6-3-7-15-35)31-19-24(25)33-29(36)34-28(38)23-8-4-5-13-30-23/h4-5,8,13,18-22H,3,6-7,9-12,14-17H2,1-2H3,(H,32,37)(H,33,34,38)/t21-,22+. The fourth-order valence-electron chi connectivity index (χ4n) is 5.65. The normalized spacial score (nSPS) is 20.8. The Morgan fingerprint density at radius 1 is 1.13 bits per heavy atom. The first-order chi connectivity index (χ1) is 19.0. The lowest BCUT2D eigenvalue weighted by molar-refractivity contribution is -0.126. The Kier molecular flexibility index (Phi) is 8.71. The maximum atomic E-state index is 13.0. The SMILES string of the molecule is CC(C)NC(=O)[C@H]1CC[C@@H](n2/c(=N/C(=O)c3ccccn3)[nH]c3cnc(OCCN4CCCCC4)cc32)CC1. The van der Waals surface area contributed by atoms with Crippen molar-refractivity contribution in [3.63, 3.8) is 0 Å². The number of fused-ring (bicyclic) bond motifs is 1. The van der Waals surface area contributed by atoms with E-state index in [-0.39, 0.29) is 29.6 Å². The van der Waals surface area contributed by atoms with Crippen LogP contribution < -0.4 is 15.7 Å². The number of likely N-dealkylation sites (tertiary alicyclic amines) is 1. The summed E-state index contributed by atoms with van der Waals surface area (Å²) in [4.78, 5) is 44.4. The number of pyridine rings is 2. The molecular weight excluding hydrogens is 494 g/mol. The largest absolute Gasteiger partial charge is 0.476 e. The molecule has 0 unspecified atom stereocenters. The number of imidazole rings is 1. The van der Waals surface area contributed by atoms with Crippen LogP contribution in [0.15, 0.2) is 41.7 Å². The number of nitrogens with zero attached hydrogens (tertiary/aromatic N) is 5. The summed E-state index contributed by atoms with van der Waals surface area (Å²) in [6, 6.07) is 7.35. The Balaban J connectivity index is 1.41. The van der Waals surface area contributed by atoms with Crippen molar-refractivity contribution in [1.82, 2.24) is 29.7 Å². The van der Waals surface area contributed by atoms with Crippen molar-refractivity contribution >= 4 is 22.8 Å². The highest BCUT2D eigenvalue weighted by atomic mass is 16.5. The number of carbonyl (C=O) groups is 2. The summed E-state index contributed by atoms with van der Waals surface area (Å²) < 4.78 is 8.15. The molecule has 1 aliphatic carbocycles. The molecule has 10 nitrogen and oxygen atoms in total. The van der Waals surface area contributed by atoms with E-state index in [4.69, 9.17) is 4.74 Å². The highest BCUT2D eigenvalue weighted by Gasteiger charge is 2.29. The predicted octanol–water partition coefficient (Wildman–Crippen LogP) is 3.62. The number of hydrogen-bond acceptors (Lipinski definition) is 6. The van der Waals surface area contributed by atoms with Crippen molar-refractivity contribution in [1.29, 1.82) is 0 Å². The monoisotopic (exact) mass is 533 g/mol. The summed E-state index contributed by atoms with van der Waals surface area (Å²) in [7, 11) is 0. The molecule has 1 saturated carbocycles. The number of aromatic nitrogens is 4. The first-order valence-corrected chi connectivity index (χ1v) is 14.2. The van der Waals surface area contributed by atoms with Gasteiger partial charge in [-0.05, 0) is 77.6 Å². The van der Waals surface area contributed by atoms with E-state index in [1.165, 1.54) is 19.3 Å². The van der Waals surface area contributed by atoms with E-state index in [9.17, 15) is 9.59 Å². The minimum atomic E-state index is -0.410. The molecule has 2 amide bonds. The quantitative estimate of drug-likeness (QED) is 0.457. The van der Waals surface area contributed by atoms with Gasteiger partial charge in [-0.1, -0.05) is 12.5 Å². The minimum absolute atomic E-state index is 0.000318. The first kappa shape index (κ1) is 27.1. The third-order valence-corrected chi connectivity index (χ3v) is 7.65. The van der Waals surface area contributed by atoms with Gasteiger partial charge in [-0.25, -0.2) is 4.98 Å². The molecule has 2 aliphatic rings. The van der Waals surface area contributed by atoms with E-state index >= 15 is 0 Å². The number of H-pyrrole nitrogens is 1. The molecular formula is C29H39N7O3. The van der Waals surface area contributed by atoms with Crippen molar-refractivity contribution in [2.75, 3.05) is 26.2 Å². The van der Waals surface area contributed by atoms with Crippen LogP contribution in [0.4, 0.5) is 0 Å². The van der Waals surface area contributed by atoms with Gasteiger partial charge in [0.2, 0.25) is 17.4 Å². The molecule has 3 aromatic heterocycles. The summed E-state index contributed by atoms with van der Waals surface area (Å²) in [5.41, 5.74) is 2.42. The molecule has 0 radical (unpaired) electrons. The lowest BCUT2D eigenvalue weighted by atomic mass is 9.85. The predicted molar refractivity (Wildman–Crippen MR) is 148 cm³/mol. The van der Waals surface area contributed by atoms with Crippen LogP contribution in [0.1, 0.15) is 75.3 Å². The Morgan fingerprint density at radius 2 is 1.92 bits per heavy atom. The first-order valence-electron chi connectivity index (χ1n) is 14.2. The van der Waals surface area contributed by atoms with E-state index in [0.29, 0.717) is 18.1 Å². The van der Waals surface area contributed by atoms with Crippen LogP contribution in [-0.2, 0) is 4.79 Å². The molecule has 208 valence electrons. The highest BCUT2D eigenvalue weighted by Crippen LogP contribution is 2.33. The number of rotatable bonds is 8.